The molecule has 29 heavy (non-hydrogen) atoms. The minimum absolute atomic E-state index is 0.223. The molecule has 3 rings (SSSR count). The Morgan fingerprint density at radius 2 is 1.62 bits per heavy atom. The van der Waals surface area contributed by atoms with Crippen molar-refractivity contribution in [2.75, 3.05) is 11.8 Å². The average Bonchev–Trinajstić information content (AvgIpc) is 3.28. The van der Waals surface area contributed by atoms with E-state index in [4.69, 9.17) is 4.74 Å². The molecule has 2 aromatic carbocycles. The summed E-state index contributed by atoms with van der Waals surface area (Å²) < 4.78 is 32.3. The van der Waals surface area contributed by atoms with E-state index in [1.807, 2.05) is 12.1 Å². The number of ether oxygens (including phenoxy) is 1. The third-order valence-electron chi connectivity index (χ3n) is 3.92. The van der Waals surface area contributed by atoms with Gasteiger partial charge in [0.2, 0.25) is 0 Å². The Morgan fingerprint density at radius 1 is 0.966 bits per heavy atom. The number of nitrogens with one attached hydrogen (secondary N) is 3. The van der Waals surface area contributed by atoms with Crippen LogP contribution in [-0.4, -0.2) is 21.4 Å². The van der Waals surface area contributed by atoms with E-state index >= 15 is 0 Å². The van der Waals surface area contributed by atoms with Crippen LogP contribution in [0.5, 0.6) is 5.75 Å². The van der Waals surface area contributed by atoms with Crippen molar-refractivity contribution in [1.29, 1.82) is 0 Å². The molecule has 0 fully saturated rings. The number of hydrogen-bond donors (Lipinski definition) is 3. The molecule has 1 aromatic heterocycles. The van der Waals surface area contributed by atoms with Gasteiger partial charge in [0.05, 0.1) is 12.8 Å². The fraction of sp³-hybridized carbons (Fsp3) is 0.0500. The quantitative estimate of drug-likeness (QED) is 0.477. The van der Waals surface area contributed by atoms with Gasteiger partial charge < -0.3 is 4.74 Å². The highest BCUT2D eigenvalue weighted by molar-refractivity contribution is 7.94. The third-order valence-corrected chi connectivity index (χ3v) is 6.70. The molecule has 3 aromatic rings. The van der Waals surface area contributed by atoms with E-state index in [0.717, 1.165) is 22.6 Å². The molecule has 3 N–H and O–H groups in total. The lowest BCUT2D eigenvalue weighted by Crippen LogP contribution is -2.35. The molecule has 0 spiro atoms. The zero-order chi connectivity index (χ0) is 20.9. The SMILES string of the molecule is C=C(NNC(=O)c1ccc(NS(=O)(=O)c2cccs2)cc1)c1ccc(OC)cc1. The highest BCUT2D eigenvalue weighted by Gasteiger charge is 2.15. The summed E-state index contributed by atoms with van der Waals surface area (Å²) in [5.74, 6) is 0.340. The van der Waals surface area contributed by atoms with E-state index in [9.17, 15) is 13.2 Å². The van der Waals surface area contributed by atoms with Gasteiger partial charge in [-0.15, -0.1) is 11.3 Å². The van der Waals surface area contributed by atoms with E-state index in [2.05, 4.69) is 22.2 Å². The van der Waals surface area contributed by atoms with Crippen molar-refractivity contribution < 1.29 is 17.9 Å². The minimum Gasteiger partial charge on any atom is -0.497 e. The lowest BCUT2D eigenvalue weighted by atomic mass is 10.2. The molecule has 0 bridgehead atoms. The normalized spacial score (nSPS) is 10.8. The van der Waals surface area contributed by atoms with Gasteiger partial charge >= 0.3 is 0 Å². The van der Waals surface area contributed by atoms with Crippen LogP contribution in [0, 0.1) is 0 Å². The Balaban J connectivity index is 1.58. The number of sulfonamides is 1. The first kappa shape index (κ1) is 20.4. The number of carbonyl (C=O) groups excluding carboxylic acids is 1. The Morgan fingerprint density at radius 3 is 2.21 bits per heavy atom. The first-order valence-corrected chi connectivity index (χ1v) is 10.8. The number of anilines is 1. The van der Waals surface area contributed by atoms with Crippen molar-refractivity contribution in [3.05, 3.63) is 83.7 Å². The second kappa shape index (κ2) is 8.80. The number of methoxy groups -OCH3 is 1. The number of benzene rings is 2. The molecule has 0 saturated heterocycles. The monoisotopic (exact) mass is 429 g/mol. The molecular formula is C20H19N3O4S2. The molecule has 0 radical (unpaired) electrons. The summed E-state index contributed by atoms with van der Waals surface area (Å²) in [7, 11) is -2.04. The van der Waals surface area contributed by atoms with Gasteiger partial charge in [0.1, 0.15) is 9.96 Å². The molecule has 9 heteroatoms. The van der Waals surface area contributed by atoms with Crippen LogP contribution in [0.3, 0.4) is 0 Å². The Bertz CT molecular complexity index is 1090. The summed E-state index contributed by atoms with van der Waals surface area (Å²) in [6.07, 6.45) is 0. The van der Waals surface area contributed by atoms with E-state index in [1.165, 1.54) is 30.3 Å². The topological polar surface area (TPSA) is 96.5 Å². The number of rotatable bonds is 8. The summed E-state index contributed by atoms with van der Waals surface area (Å²) in [5.41, 5.74) is 7.36. The van der Waals surface area contributed by atoms with E-state index in [1.54, 1.807) is 30.7 Å². The van der Waals surface area contributed by atoms with E-state index in [0.29, 0.717) is 16.9 Å². The van der Waals surface area contributed by atoms with Crippen LogP contribution in [0.15, 0.2) is 76.8 Å². The van der Waals surface area contributed by atoms with Crippen LogP contribution in [-0.2, 0) is 10.0 Å². The average molecular weight is 430 g/mol. The van der Waals surface area contributed by atoms with Crippen molar-refractivity contribution >= 4 is 38.7 Å². The van der Waals surface area contributed by atoms with Crippen molar-refractivity contribution in [2.24, 2.45) is 0 Å². The number of hydrogen-bond acceptors (Lipinski definition) is 6. The van der Waals surface area contributed by atoms with Crippen LogP contribution < -0.4 is 20.3 Å². The maximum Gasteiger partial charge on any atom is 0.271 e. The fourth-order valence-corrected chi connectivity index (χ4v) is 4.43. The fourth-order valence-electron chi connectivity index (χ4n) is 2.38. The lowest BCUT2D eigenvalue weighted by Gasteiger charge is -2.12. The number of hydrazine groups is 1. The van der Waals surface area contributed by atoms with Gasteiger partial charge in [-0.1, -0.05) is 12.6 Å². The van der Waals surface area contributed by atoms with Gasteiger partial charge in [0.25, 0.3) is 15.9 Å². The van der Waals surface area contributed by atoms with Crippen LogP contribution in [0.2, 0.25) is 0 Å². The molecule has 1 heterocycles. The summed E-state index contributed by atoms with van der Waals surface area (Å²) in [4.78, 5) is 12.3. The molecule has 1 amide bonds. The van der Waals surface area contributed by atoms with Gasteiger partial charge in [0, 0.05) is 11.3 Å². The zero-order valence-electron chi connectivity index (χ0n) is 15.5. The summed E-state index contributed by atoms with van der Waals surface area (Å²) >= 11 is 1.13. The van der Waals surface area contributed by atoms with Gasteiger partial charge in [-0.3, -0.25) is 20.4 Å². The Hall–Kier alpha value is -3.30. The van der Waals surface area contributed by atoms with Crippen molar-refractivity contribution in [3.63, 3.8) is 0 Å². The lowest BCUT2D eigenvalue weighted by molar-refractivity contribution is 0.0942. The van der Waals surface area contributed by atoms with E-state index < -0.39 is 10.0 Å². The highest BCUT2D eigenvalue weighted by atomic mass is 32.2. The van der Waals surface area contributed by atoms with Crippen LogP contribution in [0.4, 0.5) is 5.69 Å². The Labute approximate surface area is 173 Å². The van der Waals surface area contributed by atoms with Gasteiger partial charge in [-0.25, -0.2) is 8.42 Å². The molecule has 0 atom stereocenters. The highest BCUT2D eigenvalue weighted by Crippen LogP contribution is 2.20. The maximum absolute atomic E-state index is 12.3. The zero-order valence-corrected chi connectivity index (χ0v) is 17.1. The van der Waals surface area contributed by atoms with E-state index in [-0.39, 0.29) is 10.1 Å². The van der Waals surface area contributed by atoms with Gasteiger partial charge in [0.15, 0.2) is 0 Å². The third kappa shape index (κ3) is 5.15. The van der Waals surface area contributed by atoms with Crippen molar-refractivity contribution in [2.45, 2.75) is 4.21 Å². The van der Waals surface area contributed by atoms with Gasteiger partial charge in [-0.2, -0.15) is 0 Å². The van der Waals surface area contributed by atoms with Gasteiger partial charge in [-0.05, 0) is 65.5 Å². The number of carbonyl (C=O) groups is 1. The smallest absolute Gasteiger partial charge is 0.271 e. The molecular weight excluding hydrogens is 410 g/mol. The predicted octanol–water partition coefficient (Wildman–Crippen LogP) is 3.46. The molecule has 0 aliphatic rings. The summed E-state index contributed by atoms with van der Waals surface area (Å²) in [5, 5.41) is 1.69. The summed E-state index contributed by atoms with van der Waals surface area (Å²) in [6, 6.07) is 16.5. The minimum atomic E-state index is -3.63. The largest absolute Gasteiger partial charge is 0.497 e. The maximum atomic E-state index is 12.3. The molecule has 0 unspecified atom stereocenters. The van der Waals surface area contributed by atoms with Crippen molar-refractivity contribution in [3.8, 4) is 5.75 Å². The molecule has 0 aliphatic heterocycles. The van der Waals surface area contributed by atoms with Crippen molar-refractivity contribution in [1.82, 2.24) is 10.9 Å². The predicted molar refractivity (Wildman–Crippen MR) is 114 cm³/mol. The van der Waals surface area contributed by atoms with Crippen LogP contribution >= 0.6 is 11.3 Å². The Kier molecular flexibility index (Phi) is 6.20. The molecule has 0 saturated carbocycles. The van der Waals surface area contributed by atoms with Crippen LogP contribution in [0.1, 0.15) is 15.9 Å². The second-order valence-corrected chi connectivity index (χ2v) is 8.76. The number of amides is 1. The first-order valence-electron chi connectivity index (χ1n) is 8.45. The summed E-state index contributed by atoms with van der Waals surface area (Å²) in [6.45, 7) is 3.88. The standard InChI is InChI=1S/C20H19N3O4S2/c1-14(15-7-11-18(27-2)12-8-15)21-22-20(24)16-5-9-17(10-6-16)23-29(25,26)19-4-3-13-28-19/h3-13,21,23H,1H2,2H3,(H,22,24). The molecule has 150 valence electrons. The van der Waals surface area contributed by atoms with Crippen LogP contribution in [0.25, 0.3) is 5.70 Å². The second-order valence-electron chi connectivity index (χ2n) is 5.90. The first-order chi connectivity index (χ1) is 13.9. The molecule has 7 nitrogen and oxygen atoms in total. The number of thiophene rings is 1. The molecule has 0 aliphatic carbocycles.